The average molecular weight is 515 g/mol. The summed E-state index contributed by atoms with van der Waals surface area (Å²) in [6.07, 6.45) is 4.28. The lowest BCUT2D eigenvalue weighted by atomic mass is 10.1. The van der Waals surface area contributed by atoms with E-state index in [1.807, 2.05) is 13.8 Å². The van der Waals surface area contributed by atoms with Crippen LogP contribution in [0.15, 0.2) is 60.4 Å². The van der Waals surface area contributed by atoms with Gasteiger partial charge in [-0.3, -0.25) is 9.59 Å². The number of carbonyl (C=O) groups excluding carboxylic acids is 2. The third kappa shape index (κ3) is 5.66. The third-order valence-electron chi connectivity index (χ3n) is 5.59. The van der Waals surface area contributed by atoms with Gasteiger partial charge in [-0.15, -0.1) is 0 Å². The molecule has 2 aromatic carbocycles. The lowest BCUT2D eigenvalue weighted by Gasteiger charge is -2.23. The van der Waals surface area contributed by atoms with E-state index in [1.165, 1.54) is 50.6 Å². The highest BCUT2D eigenvalue weighted by atomic mass is 32.2. The van der Waals surface area contributed by atoms with Gasteiger partial charge in [0.15, 0.2) is 0 Å². The molecule has 0 atom stereocenters. The van der Waals surface area contributed by atoms with E-state index < -0.39 is 27.8 Å². The van der Waals surface area contributed by atoms with Gasteiger partial charge in [-0.05, 0) is 37.1 Å². The van der Waals surface area contributed by atoms with Gasteiger partial charge in [-0.2, -0.15) is 12.7 Å². The Morgan fingerprint density at radius 2 is 1.61 bits per heavy atom. The van der Waals surface area contributed by atoms with E-state index >= 15 is 0 Å². The molecule has 36 heavy (non-hydrogen) atoms. The number of carbonyl (C=O) groups is 2. The molecule has 10 heteroatoms. The zero-order valence-electron chi connectivity index (χ0n) is 20.9. The Bertz CT molecular complexity index is 1390. The minimum absolute atomic E-state index is 0.0738. The summed E-state index contributed by atoms with van der Waals surface area (Å²) < 4.78 is 42.4. The smallest absolute Gasteiger partial charge is 0.307 e. The number of para-hydroxylation sites is 1. The van der Waals surface area contributed by atoms with Gasteiger partial charge < -0.3 is 10.2 Å². The molecule has 0 spiro atoms. The molecule has 2 amide bonds. The predicted molar refractivity (Wildman–Crippen MR) is 139 cm³/mol. The largest absolute Gasteiger partial charge is 0.337 e. The number of nitrogens with one attached hydrogen (secondary N) is 1. The van der Waals surface area contributed by atoms with Crippen LogP contribution in [0.4, 0.5) is 4.39 Å². The summed E-state index contributed by atoms with van der Waals surface area (Å²) in [6, 6.07) is 12.4. The van der Waals surface area contributed by atoms with E-state index in [0.717, 1.165) is 8.28 Å². The molecule has 1 heterocycles. The van der Waals surface area contributed by atoms with Gasteiger partial charge in [0.05, 0.1) is 11.1 Å². The topological polar surface area (TPSA) is 91.7 Å². The monoisotopic (exact) mass is 514 g/mol. The fourth-order valence-corrected chi connectivity index (χ4v) is 4.83. The zero-order valence-corrected chi connectivity index (χ0v) is 21.7. The molecule has 0 saturated heterocycles. The first-order chi connectivity index (χ1) is 17.1. The van der Waals surface area contributed by atoms with Crippen LogP contribution in [-0.2, 0) is 15.0 Å². The second-order valence-electron chi connectivity index (χ2n) is 8.47. The summed E-state index contributed by atoms with van der Waals surface area (Å²) in [7, 11) is -1.00. The summed E-state index contributed by atoms with van der Waals surface area (Å²) in [5, 5.41) is 3.15. The van der Waals surface area contributed by atoms with E-state index in [1.54, 1.807) is 29.2 Å². The Kier molecular flexibility index (Phi) is 8.65. The minimum atomic E-state index is -3.86. The first-order valence-electron chi connectivity index (χ1n) is 11.7. The van der Waals surface area contributed by atoms with Crippen LogP contribution in [0.25, 0.3) is 17.0 Å². The van der Waals surface area contributed by atoms with Gasteiger partial charge in [0, 0.05) is 44.3 Å². The number of nitrogens with zero attached hydrogens (tertiary/aromatic N) is 3. The maximum Gasteiger partial charge on any atom is 0.307 e. The molecule has 0 radical (unpaired) electrons. The van der Waals surface area contributed by atoms with Crippen LogP contribution in [0.3, 0.4) is 0 Å². The minimum Gasteiger partial charge on any atom is -0.337 e. The van der Waals surface area contributed by atoms with Crippen LogP contribution in [0.1, 0.15) is 42.6 Å². The van der Waals surface area contributed by atoms with E-state index in [0.29, 0.717) is 42.4 Å². The molecule has 1 aromatic heterocycles. The van der Waals surface area contributed by atoms with Crippen molar-refractivity contribution in [3.05, 3.63) is 77.4 Å². The summed E-state index contributed by atoms with van der Waals surface area (Å²) in [5.74, 6) is -1.92. The SMILES string of the molecule is CCCN(CCC)C(=O)/C(=C/c1cn(S(=O)(=O)N(C)C)c2ccccc12)NC(=O)c1ccccc1F. The fraction of sp³-hybridized carbons (Fsp3) is 0.308. The number of fused-ring (bicyclic) bond motifs is 1. The van der Waals surface area contributed by atoms with E-state index in [4.69, 9.17) is 0 Å². The van der Waals surface area contributed by atoms with Gasteiger partial charge in [0.2, 0.25) is 0 Å². The third-order valence-corrected chi connectivity index (χ3v) is 7.31. The molecule has 0 aliphatic carbocycles. The molecule has 0 fully saturated rings. The Labute approximate surface area is 211 Å². The summed E-state index contributed by atoms with van der Waals surface area (Å²) >= 11 is 0. The van der Waals surface area contributed by atoms with Crippen molar-refractivity contribution in [2.24, 2.45) is 0 Å². The van der Waals surface area contributed by atoms with E-state index in [2.05, 4.69) is 5.32 Å². The molecule has 3 rings (SSSR count). The molecule has 0 unspecified atom stereocenters. The Morgan fingerprint density at radius 1 is 1.00 bits per heavy atom. The van der Waals surface area contributed by atoms with Crippen LogP contribution in [-0.4, -0.2) is 60.6 Å². The van der Waals surface area contributed by atoms with Crippen LogP contribution in [0.2, 0.25) is 0 Å². The van der Waals surface area contributed by atoms with Gasteiger partial charge in [-0.1, -0.05) is 44.2 Å². The predicted octanol–water partition coefficient (Wildman–Crippen LogP) is 3.85. The van der Waals surface area contributed by atoms with Crippen molar-refractivity contribution in [3.63, 3.8) is 0 Å². The van der Waals surface area contributed by atoms with E-state index in [-0.39, 0.29) is 11.3 Å². The second-order valence-corrected chi connectivity index (χ2v) is 10.5. The highest BCUT2D eigenvalue weighted by molar-refractivity contribution is 7.87. The molecule has 1 N–H and O–H groups in total. The number of halogens is 1. The summed E-state index contributed by atoms with van der Waals surface area (Å²) in [6.45, 7) is 4.82. The summed E-state index contributed by atoms with van der Waals surface area (Å²) in [5.41, 5.74) is 0.562. The van der Waals surface area contributed by atoms with Crippen LogP contribution in [0, 0.1) is 5.82 Å². The van der Waals surface area contributed by atoms with Crippen molar-refractivity contribution < 1.29 is 22.4 Å². The highest BCUT2D eigenvalue weighted by Gasteiger charge is 2.24. The Hall–Kier alpha value is -3.50. The molecule has 0 aliphatic rings. The van der Waals surface area contributed by atoms with Crippen LogP contribution < -0.4 is 5.32 Å². The second kappa shape index (κ2) is 11.5. The molecular weight excluding hydrogens is 483 g/mol. The number of aromatic nitrogens is 1. The number of benzene rings is 2. The molecule has 0 saturated carbocycles. The van der Waals surface area contributed by atoms with Gasteiger partial charge in [0.1, 0.15) is 11.5 Å². The standard InChI is InChI=1S/C26H31FN4O4S/c1-5-15-30(16-6-2)26(33)23(28-25(32)21-12-7-9-13-22(21)27)17-19-18-31(36(34,35)29(3)4)24-14-10-8-11-20(19)24/h7-14,17-18H,5-6,15-16H2,1-4H3,(H,28,32)/b23-17-. The Morgan fingerprint density at radius 3 is 2.22 bits per heavy atom. The number of hydrogen-bond acceptors (Lipinski definition) is 4. The van der Waals surface area contributed by atoms with Crippen molar-refractivity contribution in [1.29, 1.82) is 0 Å². The zero-order chi connectivity index (χ0) is 26.5. The van der Waals surface area contributed by atoms with Crippen molar-refractivity contribution >= 4 is 39.0 Å². The molecule has 3 aromatic rings. The maximum atomic E-state index is 14.3. The van der Waals surface area contributed by atoms with Gasteiger partial charge in [-0.25, -0.2) is 8.36 Å². The molecule has 0 bridgehead atoms. The lowest BCUT2D eigenvalue weighted by Crippen LogP contribution is -2.39. The fourth-order valence-electron chi connectivity index (χ4n) is 3.82. The quantitative estimate of drug-likeness (QED) is 0.416. The first kappa shape index (κ1) is 27.1. The van der Waals surface area contributed by atoms with Crippen LogP contribution in [0.5, 0.6) is 0 Å². The molecule has 192 valence electrons. The maximum absolute atomic E-state index is 14.3. The van der Waals surface area contributed by atoms with Crippen LogP contribution >= 0.6 is 0 Å². The normalized spacial score (nSPS) is 12.2. The first-order valence-corrected chi connectivity index (χ1v) is 13.1. The molecule has 0 aliphatic heterocycles. The van der Waals surface area contributed by atoms with Crippen molar-refractivity contribution in [2.45, 2.75) is 26.7 Å². The number of hydrogen-bond donors (Lipinski definition) is 1. The molecule has 8 nitrogen and oxygen atoms in total. The molecular formula is C26H31FN4O4S. The number of rotatable bonds is 10. The van der Waals surface area contributed by atoms with Crippen molar-refractivity contribution in [1.82, 2.24) is 18.5 Å². The average Bonchev–Trinajstić information content (AvgIpc) is 3.22. The van der Waals surface area contributed by atoms with E-state index in [9.17, 15) is 22.4 Å². The van der Waals surface area contributed by atoms with Gasteiger partial charge >= 0.3 is 10.2 Å². The number of amides is 2. The lowest BCUT2D eigenvalue weighted by molar-refractivity contribution is -0.127. The van der Waals surface area contributed by atoms with Crippen molar-refractivity contribution in [3.8, 4) is 0 Å². The summed E-state index contributed by atoms with van der Waals surface area (Å²) in [4.78, 5) is 28.1. The highest BCUT2D eigenvalue weighted by Crippen LogP contribution is 2.26. The Balaban J connectivity index is 2.18. The van der Waals surface area contributed by atoms with Crippen molar-refractivity contribution in [2.75, 3.05) is 27.2 Å². The van der Waals surface area contributed by atoms with Gasteiger partial charge in [0.25, 0.3) is 11.8 Å².